The van der Waals surface area contributed by atoms with Crippen LogP contribution in [0.1, 0.15) is 18.5 Å². The molecule has 1 aliphatic rings. The maximum absolute atomic E-state index is 11.1. The molecular formula is C10H12N4O2S. The minimum absolute atomic E-state index is 0.438. The summed E-state index contributed by atoms with van der Waals surface area (Å²) in [6, 6.07) is -0.438. The molecule has 1 atom stereocenters. The number of aliphatic carboxylic acids is 1. The van der Waals surface area contributed by atoms with Gasteiger partial charge in [-0.1, -0.05) is 11.3 Å². The van der Waals surface area contributed by atoms with Crippen molar-refractivity contribution in [3.8, 4) is 0 Å². The molecule has 1 N–H and O–H groups in total. The summed E-state index contributed by atoms with van der Waals surface area (Å²) >= 11 is 1.44. The van der Waals surface area contributed by atoms with Crippen LogP contribution in [-0.2, 0) is 4.79 Å². The summed E-state index contributed by atoms with van der Waals surface area (Å²) in [7, 11) is 0. The first-order chi connectivity index (χ1) is 8.15. The van der Waals surface area contributed by atoms with Crippen LogP contribution in [0.15, 0.2) is 6.20 Å². The van der Waals surface area contributed by atoms with Gasteiger partial charge in [-0.05, 0) is 19.8 Å². The Balaban J connectivity index is 1.97. The van der Waals surface area contributed by atoms with Crippen molar-refractivity contribution in [3.05, 3.63) is 11.9 Å². The molecule has 3 heterocycles. The molecule has 2 aromatic heterocycles. The van der Waals surface area contributed by atoms with Gasteiger partial charge in [0.15, 0.2) is 0 Å². The molecule has 0 amide bonds. The zero-order chi connectivity index (χ0) is 12.0. The maximum Gasteiger partial charge on any atom is 0.326 e. The minimum atomic E-state index is -0.772. The highest BCUT2D eigenvalue weighted by Gasteiger charge is 2.32. The molecule has 1 saturated heterocycles. The first kappa shape index (κ1) is 10.5. The van der Waals surface area contributed by atoms with E-state index in [9.17, 15) is 4.79 Å². The fourth-order valence-electron chi connectivity index (χ4n) is 2.17. The number of hydrogen-bond acceptors (Lipinski definition) is 5. The summed E-state index contributed by atoms with van der Waals surface area (Å²) < 4.78 is 1.71. The van der Waals surface area contributed by atoms with Gasteiger partial charge in [-0.15, -0.1) is 5.10 Å². The SMILES string of the molecule is Cc1cn2nc(N3CCC[C@H]3C(=O)O)sc2n1. The maximum atomic E-state index is 11.1. The van der Waals surface area contributed by atoms with Gasteiger partial charge in [0.05, 0.1) is 11.9 Å². The Hall–Kier alpha value is -1.63. The molecule has 3 rings (SSSR count). The summed E-state index contributed by atoms with van der Waals surface area (Å²) in [6.07, 6.45) is 3.44. The van der Waals surface area contributed by atoms with Gasteiger partial charge in [0.2, 0.25) is 10.1 Å². The third-order valence-corrected chi connectivity index (χ3v) is 3.90. The number of carboxylic acids is 1. The lowest BCUT2D eigenvalue weighted by Gasteiger charge is -2.19. The monoisotopic (exact) mass is 252 g/mol. The third kappa shape index (κ3) is 1.66. The van der Waals surface area contributed by atoms with E-state index < -0.39 is 12.0 Å². The van der Waals surface area contributed by atoms with E-state index in [0.29, 0.717) is 6.42 Å². The van der Waals surface area contributed by atoms with Gasteiger partial charge in [0.25, 0.3) is 0 Å². The molecule has 6 nitrogen and oxygen atoms in total. The highest BCUT2D eigenvalue weighted by Crippen LogP contribution is 2.29. The quantitative estimate of drug-likeness (QED) is 0.868. The average molecular weight is 252 g/mol. The summed E-state index contributed by atoms with van der Waals surface area (Å²) in [5.74, 6) is -0.772. The molecule has 0 spiro atoms. The Labute approximate surface area is 101 Å². The van der Waals surface area contributed by atoms with E-state index in [1.807, 2.05) is 18.0 Å². The van der Waals surface area contributed by atoms with Gasteiger partial charge >= 0.3 is 5.97 Å². The second-order valence-electron chi connectivity index (χ2n) is 4.18. The van der Waals surface area contributed by atoms with E-state index in [1.165, 1.54) is 11.3 Å². The van der Waals surface area contributed by atoms with Crippen LogP contribution >= 0.6 is 11.3 Å². The summed E-state index contributed by atoms with van der Waals surface area (Å²) in [5.41, 5.74) is 0.923. The molecule has 7 heteroatoms. The van der Waals surface area contributed by atoms with E-state index in [4.69, 9.17) is 5.11 Å². The highest BCUT2D eigenvalue weighted by molar-refractivity contribution is 7.20. The topological polar surface area (TPSA) is 70.7 Å². The number of hydrogen-bond donors (Lipinski definition) is 1. The lowest BCUT2D eigenvalue weighted by molar-refractivity contribution is -0.138. The van der Waals surface area contributed by atoms with Gasteiger partial charge in [-0.2, -0.15) is 0 Å². The molecule has 0 saturated carbocycles. The van der Waals surface area contributed by atoms with Crippen molar-refractivity contribution >= 4 is 27.4 Å². The Morgan fingerprint density at radius 2 is 2.47 bits per heavy atom. The van der Waals surface area contributed by atoms with Crippen LogP contribution in [0.5, 0.6) is 0 Å². The van der Waals surface area contributed by atoms with Gasteiger partial charge in [-0.3, -0.25) is 0 Å². The van der Waals surface area contributed by atoms with Crippen molar-refractivity contribution in [2.24, 2.45) is 0 Å². The fourth-order valence-corrected chi connectivity index (χ4v) is 3.17. The summed E-state index contributed by atoms with van der Waals surface area (Å²) in [4.78, 5) is 18.1. The van der Waals surface area contributed by atoms with E-state index in [2.05, 4.69) is 10.1 Å². The third-order valence-electron chi connectivity index (χ3n) is 2.94. The Bertz CT molecular complexity index is 544. The zero-order valence-corrected chi connectivity index (χ0v) is 10.1. The number of rotatable bonds is 2. The molecule has 0 aromatic carbocycles. The number of fused-ring (bicyclic) bond motifs is 1. The van der Waals surface area contributed by atoms with Gasteiger partial charge in [0, 0.05) is 6.54 Å². The number of aromatic nitrogens is 3. The molecule has 1 aliphatic heterocycles. The average Bonchev–Trinajstić information content (AvgIpc) is 2.87. The predicted octanol–water partition coefficient (Wildman–Crippen LogP) is 1.15. The Kier molecular flexibility index (Phi) is 2.29. The molecule has 0 bridgehead atoms. The molecule has 90 valence electrons. The second kappa shape index (κ2) is 3.69. The largest absolute Gasteiger partial charge is 0.480 e. The molecule has 1 fully saturated rings. The molecule has 0 aliphatic carbocycles. The lowest BCUT2D eigenvalue weighted by atomic mass is 10.2. The first-order valence-corrected chi connectivity index (χ1v) is 6.29. The molecule has 0 radical (unpaired) electrons. The zero-order valence-electron chi connectivity index (χ0n) is 9.33. The van der Waals surface area contributed by atoms with Crippen molar-refractivity contribution in [1.82, 2.24) is 14.6 Å². The van der Waals surface area contributed by atoms with Crippen LogP contribution in [0.4, 0.5) is 5.13 Å². The minimum Gasteiger partial charge on any atom is -0.480 e. The van der Waals surface area contributed by atoms with E-state index in [1.54, 1.807) is 4.52 Å². The number of carboxylic acid groups (broad SMARTS) is 1. The number of aryl methyl sites for hydroxylation is 1. The molecule has 17 heavy (non-hydrogen) atoms. The van der Waals surface area contributed by atoms with Crippen LogP contribution in [0, 0.1) is 6.92 Å². The van der Waals surface area contributed by atoms with Crippen molar-refractivity contribution in [1.29, 1.82) is 0 Å². The van der Waals surface area contributed by atoms with Crippen molar-refractivity contribution in [3.63, 3.8) is 0 Å². The number of anilines is 1. The van der Waals surface area contributed by atoms with Crippen molar-refractivity contribution in [2.75, 3.05) is 11.4 Å². The van der Waals surface area contributed by atoms with Gasteiger partial charge in [0.1, 0.15) is 6.04 Å². The van der Waals surface area contributed by atoms with Crippen LogP contribution in [-0.4, -0.2) is 38.3 Å². The lowest BCUT2D eigenvalue weighted by Crippen LogP contribution is -2.35. The normalized spacial score (nSPS) is 20.3. The van der Waals surface area contributed by atoms with Crippen molar-refractivity contribution < 1.29 is 9.90 Å². The van der Waals surface area contributed by atoms with Crippen molar-refractivity contribution in [2.45, 2.75) is 25.8 Å². The Morgan fingerprint density at radius 3 is 3.18 bits per heavy atom. The van der Waals surface area contributed by atoms with Crippen LogP contribution in [0.25, 0.3) is 4.96 Å². The first-order valence-electron chi connectivity index (χ1n) is 5.47. The van der Waals surface area contributed by atoms with Crippen LogP contribution in [0.3, 0.4) is 0 Å². The number of nitrogens with zero attached hydrogens (tertiary/aromatic N) is 4. The molecule has 2 aromatic rings. The van der Waals surface area contributed by atoms with Gasteiger partial charge < -0.3 is 10.0 Å². The highest BCUT2D eigenvalue weighted by atomic mass is 32.1. The molecular weight excluding hydrogens is 240 g/mol. The number of imidazole rings is 1. The predicted molar refractivity (Wildman–Crippen MR) is 63.6 cm³/mol. The smallest absolute Gasteiger partial charge is 0.326 e. The van der Waals surface area contributed by atoms with Crippen LogP contribution in [0.2, 0.25) is 0 Å². The fraction of sp³-hybridized carbons (Fsp3) is 0.500. The van der Waals surface area contributed by atoms with Crippen LogP contribution < -0.4 is 4.90 Å². The van der Waals surface area contributed by atoms with E-state index >= 15 is 0 Å². The summed E-state index contributed by atoms with van der Waals surface area (Å²) in [5, 5.41) is 14.3. The second-order valence-corrected chi connectivity index (χ2v) is 5.12. The summed E-state index contributed by atoms with van der Waals surface area (Å²) in [6.45, 7) is 2.67. The molecule has 0 unspecified atom stereocenters. The van der Waals surface area contributed by atoms with E-state index in [0.717, 1.165) is 28.8 Å². The van der Waals surface area contributed by atoms with E-state index in [-0.39, 0.29) is 0 Å². The standard InChI is InChI=1S/C10H12N4O2S/c1-6-5-14-9(11-6)17-10(12-14)13-4-2-3-7(13)8(15)16/h5,7H,2-4H2,1H3,(H,15,16)/t7-/m0/s1. The Morgan fingerprint density at radius 1 is 1.65 bits per heavy atom. The van der Waals surface area contributed by atoms with Gasteiger partial charge in [-0.25, -0.2) is 14.3 Å². The number of carbonyl (C=O) groups is 1.